The largest absolute Gasteiger partial charge is 0.196 e. The van der Waals surface area contributed by atoms with Gasteiger partial charge in [0.2, 0.25) is 0 Å². The Labute approximate surface area is 66.0 Å². The number of fused-ring (bicyclic) bond motifs is 2. The molecule has 0 aromatic carbocycles. The minimum absolute atomic E-state index is 0.469. The van der Waals surface area contributed by atoms with Gasteiger partial charge in [0.25, 0.3) is 0 Å². The maximum atomic E-state index is 8.77. The van der Waals surface area contributed by atoms with Gasteiger partial charge in [0, 0.05) is 0 Å². The number of alkyl halides is 1. The molecule has 2 heteroatoms. The van der Waals surface area contributed by atoms with Gasteiger partial charge in [-0.2, -0.15) is 5.26 Å². The molecule has 0 spiro atoms. The van der Waals surface area contributed by atoms with Crippen LogP contribution in [-0.2, 0) is 0 Å². The fourth-order valence-electron chi connectivity index (χ4n) is 2.40. The molecular formula is C8H10ClN. The fraction of sp³-hybridized carbons (Fsp3) is 0.875. The van der Waals surface area contributed by atoms with Gasteiger partial charge in [-0.15, -0.1) is 11.6 Å². The molecule has 2 aliphatic rings. The number of nitrogens with zero attached hydrogens (tertiary/aromatic N) is 1. The molecule has 0 heterocycles. The highest BCUT2D eigenvalue weighted by Crippen LogP contribution is 2.53. The van der Waals surface area contributed by atoms with Crippen LogP contribution in [0.15, 0.2) is 0 Å². The lowest BCUT2D eigenvalue weighted by Gasteiger charge is -2.23. The Hall–Kier alpha value is -0.220. The standard InChI is InChI=1S/C8H10ClN/c9-8(5-10)4-6-1-2-7(8)3-6/h6-7H,1-4H2/t6-,7-,8+/m1/s1. The summed E-state index contributed by atoms with van der Waals surface area (Å²) < 4.78 is 0. The summed E-state index contributed by atoms with van der Waals surface area (Å²) in [5, 5.41) is 8.77. The fourth-order valence-corrected chi connectivity index (χ4v) is 2.82. The van der Waals surface area contributed by atoms with E-state index in [4.69, 9.17) is 16.9 Å². The van der Waals surface area contributed by atoms with Gasteiger partial charge in [0.15, 0.2) is 0 Å². The third kappa shape index (κ3) is 0.689. The van der Waals surface area contributed by atoms with Crippen molar-refractivity contribution >= 4 is 11.6 Å². The van der Waals surface area contributed by atoms with Gasteiger partial charge in [-0.1, -0.05) is 0 Å². The average molecular weight is 156 g/mol. The van der Waals surface area contributed by atoms with Gasteiger partial charge in [-0.3, -0.25) is 0 Å². The van der Waals surface area contributed by atoms with E-state index in [1.807, 2.05) is 0 Å². The smallest absolute Gasteiger partial charge is 0.134 e. The molecule has 2 saturated carbocycles. The molecule has 3 atom stereocenters. The topological polar surface area (TPSA) is 23.8 Å². The lowest BCUT2D eigenvalue weighted by molar-refractivity contribution is 0.429. The number of hydrogen-bond donors (Lipinski definition) is 0. The van der Waals surface area contributed by atoms with Crippen LogP contribution in [0.3, 0.4) is 0 Å². The first-order chi connectivity index (χ1) is 4.74. The molecule has 0 N–H and O–H groups in total. The van der Waals surface area contributed by atoms with E-state index in [2.05, 4.69) is 6.07 Å². The summed E-state index contributed by atoms with van der Waals surface area (Å²) in [5.41, 5.74) is 0. The van der Waals surface area contributed by atoms with Crippen molar-refractivity contribution < 1.29 is 0 Å². The molecule has 2 fully saturated rings. The molecule has 2 bridgehead atoms. The molecule has 1 nitrogen and oxygen atoms in total. The Morgan fingerprint density at radius 3 is 2.60 bits per heavy atom. The number of rotatable bonds is 0. The molecule has 2 aliphatic carbocycles. The molecule has 0 aromatic heterocycles. The highest BCUT2D eigenvalue weighted by molar-refractivity contribution is 6.26. The van der Waals surface area contributed by atoms with E-state index < -0.39 is 4.87 Å². The van der Waals surface area contributed by atoms with Crippen LogP contribution in [0.5, 0.6) is 0 Å². The third-order valence-electron chi connectivity index (χ3n) is 2.96. The highest BCUT2D eigenvalue weighted by Gasteiger charge is 2.50. The van der Waals surface area contributed by atoms with Crippen LogP contribution >= 0.6 is 11.6 Å². The predicted molar refractivity (Wildman–Crippen MR) is 39.6 cm³/mol. The molecule has 54 valence electrons. The summed E-state index contributed by atoms with van der Waals surface area (Å²) in [5.74, 6) is 1.27. The van der Waals surface area contributed by atoms with E-state index in [9.17, 15) is 0 Å². The second kappa shape index (κ2) is 1.89. The van der Waals surface area contributed by atoms with Crippen LogP contribution in [0.25, 0.3) is 0 Å². The first-order valence-corrected chi connectivity index (χ1v) is 4.22. The van der Waals surface area contributed by atoms with Crippen molar-refractivity contribution in [3.8, 4) is 6.07 Å². The van der Waals surface area contributed by atoms with Crippen molar-refractivity contribution in [3.05, 3.63) is 0 Å². The van der Waals surface area contributed by atoms with Gasteiger partial charge < -0.3 is 0 Å². The number of halogens is 1. The van der Waals surface area contributed by atoms with Crippen LogP contribution in [0.4, 0.5) is 0 Å². The molecule has 0 amide bonds. The molecule has 2 rings (SSSR count). The molecule has 0 unspecified atom stereocenters. The Morgan fingerprint density at radius 2 is 2.30 bits per heavy atom. The van der Waals surface area contributed by atoms with Crippen molar-refractivity contribution in [2.24, 2.45) is 11.8 Å². The molecule has 0 aliphatic heterocycles. The summed E-state index contributed by atoms with van der Waals surface area (Å²) in [6.07, 6.45) is 4.63. The molecular weight excluding hydrogens is 146 g/mol. The maximum Gasteiger partial charge on any atom is 0.134 e. The Kier molecular flexibility index (Phi) is 1.22. The first kappa shape index (κ1) is 6.49. The van der Waals surface area contributed by atoms with Gasteiger partial charge in [-0.25, -0.2) is 0 Å². The van der Waals surface area contributed by atoms with Crippen LogP contribution < -0.4 is 0 Å². The monoisotopic (exact) mass is 155 g/mol. The van der Waals surface area contributed by atoms with E-state index >= 15 is 0 Å². The van der Waals surface area contributed by atoms with Crippen LogP contribution in [0.2, 0.25) is 0 Å². The number of nitriles is 1. The summed E-state index contributed by atoms with van der Waals surface area (Å²) >= 11 is 6.09. The van der Waals surface area contributed by atoms with Gasteiger partial charge in [0.05, 0.1) is 6.07 Å². The molecule has 0 saturated heterocycles. The predicted octanol–water partition coefficient (Wildman–Crippen LogP) is 2.31. The van der Waals surface area contributed by atoms with E-state index in [1.165, 1.54) is 19.3 Å². The van der Waals surface area contributed by atoms with Crippen LogP contribution in [-0.4, -0.2) is 4.87 Å². The second-order valence-electron chi connectivity index (χ2n) is 3.55. The maximum absolute atomic E-state index is 8.77. The van der Waals surface area contributed by atoms with Crippen molar-refractivity contribution in [1.82, 2.24) is 0 Å². The Morgan fingerprint density at radius 1 is 1.50 bits per heavy atom. The molecule has 10 heavy (non-hydrogen) atoms. The van der Waals surface area contributed by atoms with Gasteiger partial charge >= 0.3 is 0 Å². The minimum atomic E-state index is -0.469. The second-order valence-corrected chi connectivity index (χ2v) is 4.23. The van der Waals surface area contributed by atoms with Crippen molar-refractivity contribution in [3.63, 3.8) is 0 Å². The highest BCUT2D eigenvalue weighted by atomic mass is 35.5. The van der Waals surface area contributed by atoms with Crippen molar-refractivity contribution in [1.29, 1.82) is 5.26 Å². The minimum Gasteiger partial charge on any atom is -0.196 e. The summed E-state index contributed by atoms with van der Waals surface area (Å²) in [4.78, 5) is -0.469. The lowest BCUT2D eigenvalue weighted by Crippen LogP contribution is -2.26. The van der Waals surface area contributed by atoms with Crippen LogP contribution in [0.1, 0.15) is 25.7 Å². The lowest BCUT2D eigenvalue weighted by atomic mass is 9.89. The van der Waals surface area contributed by atoms with Crippen LogP contribution in [0, 0.1) is 23.2 Å². The zero-order valence-electron chi connectivity index (χ0n) is 5.81. The summed E-state index contributed by atoms with van der Waals surface area (Å²) in [6.45, 7) is 0. The van der Waals surface area contributed by atoms with E-state index in [1.54, 1.807) is 0 Å². The van der Waals surface area contributed by atoms with Gasteiger partial charge in [-0.05, 0) is 37.5 Å². The zero-order chi connectivity index (χ0) is 7.19. The Bertz CT molecular complexity index is 196. The summed E-state index contributed by atoms with van der Waals surface area (Å²) in [7, 11) is 0. The van der Waals surface area contributed by atoms with Gasteiger partial charge in [0.1, 0.15) is 4.87 Å². The van der Waals surface area contributed by atoms with E-state index in [0.29, 0.717) is 5.92 Å². The van der Waals surface area contributed by atoms with E-state index in [-0.39, 0.29) is 0 Å². The molecule has 0 radical (unpaired) electrons. The van der Waals surface area contributed by atoms with E-state index in [0.717, 1.165) is 12.3 Å². The molecule has 0 aromatic rings. The quantitative estimate of drug-likeness (QED) is 0.493. The third-order valence-corrected chi connectivity index (χ3v) is 3.51. The SMILES string of the molecule is N#C[C@@]1(Cl)C[C@@H]2CC[C@@H]1C2. The summed E-state index contributed by atoms with van der Waals surface area (Å²) in [6, 6.07) is 2.24. The zero-order valence-corrected chi connectivity index (χ0v) is 6.56. The average Bonchev–Trinajstić information content (AvgIpc) is 2.46. The normalized spacial score (nSPS) is 51.2. The first-order valence-electron chi connectivity index (χ1n) is 3.85. The number of hydrogen-bond acceptors (Lipinski definition) is 1. The Balaban J connectivity index is 2.24. The van der Waals surface area contributed by atoms with Crippen molar-refractivity contribution in [2.75, 3.05) is 0 Å². The van der Waals surface area contributed by atoms with Crippen molar-refractivity contribution in [2.45, 2.75) is 30.6 Å².